The van der Waals surface area contributed by atoms with Crippen LogP contribution in [0.15, 0.2) is 18.2 Å². The van der Waals surface area contributed by atoms with Crippen molar-refractivity contribution in [3.8, 4) is 0 Å². The minimum atomic E-state index is -0.356. The molecule has 0 N–H and O–H groups in total. The SMILES string of the molecule is Fc1ccc(F)c2sc(I)cc12. The molecule has 0 unspecified atom stereocenters. The summed E-state index contributed by atoms with van der Waals surface area (Å²) in [6.45, 7) is 0. The van der Waals surface area contributed by atoms with Crippen LogP contribution >= 0.6 is 33.9 Å². The lowest BCUT2D eigenvalue weighted by atomic mass is 10.2. The highest BCUT2D eigenvalue weighted by Crippen LogP contribution is 2.30. The van der Waals surface area contributed by atoms with Gasteiger partial charge in [0.1, 0.15) is 11.6 Å². The van der Waals surface area contributed by atoms with Crippen LogP contribution in [0.3, 0.4) is 0 Å². The van der Waals surface area contributed by atoms with Gasteiger partial charge in [0.25, 0.3) is 0 Å². The van der Waals surface area contributed by atoms with Crippen molar-refractivity contribution in [3.05, 3.63) is 32.7 Å². The summed E-state index contributed by atoms with van der Waals surface area (Å²) in [7, 11) is 0. The number of thiophene rings is 1. The summed E-state index contributed by atoms with van der Waals surface area (Å²) in [6, 6.07) is 3.96. The predicted molar refractivity (Wildman–Crippen MR) is 54.5 cm³/mol. The Morgan fingerprint density at radius 3 is 2.50 bits per heavy atom. The van der Waals surface area contributed by atoms with Gasteiger partial charge in [-0.15, -0.1) is 11.3 Å². The van der Waals surface area contributed by atoms with E-state index >= 15 is 0 Å². The summed E-state index contributed by atoms with van der Waals surface area (Å²) in [6.07, 6.45) is 0. The van der Waals surface area contributed by atoms with Crippen LogP contribution in [0.4, 0.5) is 8.78 Å². The van der Waals surface area contributed by atoms with Crippen molar-refractivity contribution >= 4 is 44.0 Å². The van der Waals surface area contributed by atoms with Crippen LogP contribution in [0.2, 0.25) is 0 Å². The maximum absolute atomic E-state index is 13.0. The van der Waals surface area contributed by atoms with Crippen molar-refractivity contribution in [3.63, 3.8) is 0 Å². The Balaban J connectivity index is 2.93. The molecule has 0 atom stereocenters. The molecule has 0 amide bonds. The van der Waals surface area contributed by atoms with Gasteiger partial charge < -0.3 is 0 Å². The highest BCUT2D eigenvalue weighted by molar-refractivity contribution is 14.1. The van der Waals surface area contributed by atoms with E-state index in [4.69, 9.17) is 0 Å². The molecule has 2 rings (SSSR count). The number of fused-ring (bicyclic) bond motifs is 1. The largest absolute Gasteiger partial charge is 0.206 e. The van der Waals surface area contributed by atoms with E-state index in [2.05, 4.69) is 22.6 Å². The Hall–Kier alpha value is -0.230. The topological polar surface area (TPSA) is 0 Å². The average Bonchev–Trinajstić information content (AvgIpc) is 2.41. The summed E-state index contributed by atoms with van der Waals surface area (Å²) in [5.74, 6) is -0.704. The van der Waals surface area contributed by atoms with Crippen molar-refractivity contribution in [1.82, 2.24) is 0 Å². The molecule has 0 saturated carbocycles. The van der Waals surface area contributed by atoms with Crippen molar-refractivity contribution in [1.29, 1.82) is 0 Å². The first-order chi connectivity index (χ1) is 5.68. The normalized spacial score (nSPS) is 10.9. The van der Waals surface area contributed by atoms with Crippen molar-refractivity contribution < 1.29 is 8.78 Å². The Labute approximate surface area is 85.3 Å². The highest BCUT2D eigenvalue weighted by atomic mass is 127. The van der Waals surface area contributed by atoms with Gasteiger partial charge in [-0.25, -0.2) is 8.78 Å². The Bertz CT molecular complexity index is 397. The molecule has 4 heteroatoms. The zero-order valence-electron chi connectivity index (χ0n) is 5.77. The van der Waals surface area contributed by atoms with Crippen LogP contribution in [-0.4, -0.2) is 0 Å². The lowest BCUT2D eigenvalue weighted by Gasteiger charge is -1.91. The second-order valence-corrected chi connectivity index (χ2v) is 5.27. The number of halogens is 3. The number of hydrogen-bond donors (Lipinski definition) is 0. The van der Waals surface area contributed by atoms with E-state index in [1.807, 2.05) is 0 Å². The van der Waals surface area contributed by atoms with Gasteiger partial charge in [0.2, 0.25) is 0 Å². The third-order valence-corrected chi connectivity index (χ3v) is 3.46. The molecule has 0 aliphatic carbocycles. The van der Waals surface area contributed by atoms with E-state index in [1.165, 1.54) is 11.3 Å². The van der Waals surface area contributed by atoms with Crippen molar-refractivity contribution in [2.45, 2.75) is 0 Å². The standard InChI is InChI=1S/C8H3F2IS/c9-5-1-2-6(10)8-4(5)3-7(11)12-8/h1-3H. The van der Waals surface area contributed by atoms with Gasteiger partial charge in [0.05, 0.1) is 7.58 Å². The van der Waals surface area contributed by atoms with Gasteiger partial charge >= 0.3 is 0 Å². The van der Waals surface area contributed by atoms with E-state index in [0.29, 0.717) is 10.1 Å². The minimum Gasteiger partial charge on any atom is -0.206 e. The molecular formula is C8H3F2IS. The predicted octanol–water partition coefficient (Wildman–Crippen LogP) is 3.78. The first kappa shape index (κ1) is 8.37. The van der Waals surface area contributed by atoms with Gasteiger partial charge in [-0.1, -0.05) is 0 Å². The summed E-state index contributed by atoms with van der Waals surface area (Å²) >= 11 is 3.32. The Kier molecular flexibility index (Phi) is 2.04. The van der Waals surface area contributed by atoms with E-state index in [-0.39, 0.29) is 11.6 Å². The molecule has 0 nitrogen and oxygen atoms in total. The minimum absolute atomic E-state index is 0.348. The van der Waals surface area contributed by atoms with Crippen LogP contribution in [0.5, 0.6) is 0 Å². The molecule has 1 aromatic heterocycles. The van der Waals surface area contributed by atoms with E-state index in [0.717, 1.165) is 15.0 Å². The molecule has 0 aliphatic rings. The number of rotatable bonds is 0. The van der Waals surface area contributed by atoms with Crippen molar-refractivity contribution in [2.75, 3.05) is 0 Å². The fraction of sp³-hybridized carbons (Fsp3) is 0. The summed E-state index contributed by atoms with van der Waals surface area (Å²) in [5, 5.41) is 0.379. The van der Waals surface area contributed by atoms with Crippen LogP contribution in [0.1, 0.15) is 0 Å². The zero-order valence-corrected chi connectivity index (χ0v) is 8.75. The summed E-state index contributed by atoms with van der Waals surface area (Å²) < 4.78 is 27.3. The molecule has 2 aromatic rings. The molecule has 1 aromatic carbocycles. The van der Waals surface area contributed by atoms with Crippen LogP contribution in [0, 0.1) is 14.5 Å². The molecule has 0 spiro atoms. The Morgan fingerprint density at radius 1 is 1.17 bits per heavy atom. The van der Waals surface area contributed by atoms with Gasteiger partial charge in [-0.2, -0.15) is 0 Å². The van der Waals surface area contributed by atoms with E-state index in [1.54, 1.807) is 6.07 Å². The van der Waals surface area contributed by atoms with Crippen molar-refractivity contribution in [2.24, 2.45) is 0 Å². The molecule has 0 fully saturated rings. The van der Waals surface area contributed by atoms with Gasteiger partial charge in [-0.3, -0.25) is 0 Å². The van der Waals surface area contributed by atoms with Crippen LogP contribution < -0.4 is 0 Å². The number of benzene rings is 1. The van der Waals surface area contributed by atoms with Crippen LogP contribution in [0.25, 0.3) is 10.1 Å². The monoisotopic (exact) mass is 296 g/mol. The van der Waals surface area contributed by atoms with E-state index in [9.17, 15) is 8.78 Å². The fourth-order valence-corrected chi connectivity index (χ4v) is 2.80. The lowest BCUT2D eigenvalue weighted by Crippen LogP contribution is -1.77. The molecule has 0 bridgehead atoms. The number of hydrogen-bond acceptors (Lipinski definition) is 1. The maximum Gasteiger partial charge on any atom is 0.141 e. The first-order valence-electron chi connectivity index (χ1n) is 3.21. The van der Waals surface area contributed by atoms with E-state index < -0.39 is 0 Å². The van der Waals surface area contributed by atoms with Gasteiger partial charge in [0.15, 0.2) is 0 Å². The molecule has 12 heavy (non-hydrogen) atoms. The second-order valence-electron chi connectivity index (χ2n) is 2.32. The third kappa shape index (κ3) is 1.22. The fourth-order valence-electron chi connectivity index (χ4n) is 1.03. The molecule has 1 heterocycles. The highest BCUT2D eigenvalue weighted by Gasteiger charge is 2.08. The summed E-state index contributed by atoms with van der Waals surface area (Å²) in [4.78, 5) is 0. The molecule has 0 radical (unpaired) electrons. The quantitative estimate of drug-likeness (QED) is 0.649. The lowest BCUT2D eigenvalue weighted by molar-refractivity contribution is 0.619. The second kappa shape index (κ2) is 2.92. The molecule has 0 saturated heterocycles. The summed E-state index contributed by atoms with van der Waals surface area (Å²) in [5.41, 5.74) is 0. The molecular weight excluding hydrogens is 293 g/mol. The third-order valence-electron chi connectivity index (χ3n) is 1.55. The van der Waals surface area contributed by atoms with Gasteiger partial charge in [0, 0.05) is 5.39 Å². The van der Waals surface area contributed by atoms with Gasteiger partial charge in [-0.05, 0) is 40.8 Å². The average molecular weight is 296 g/mol. The van der Waals surface area contributed by atoms with Crippen LogP contribution in [-0.2, 0) is 0 Å². The maximum atomic E-state index is 13.0. The zero-order chi connectivity index (χ0) is 8.72. The Morgan fingerprint density at radius 2 is 1.83 bits per heavy atom. The molecule has 0 aliphatic heterocycles. The first-order valence-corrected chi connectivity index (χ1v) is 5.11. The smallest absolute Gasteiger partial charge is 0.141 e. The molecule has 62 valence electrons.